The van der Waals surface area contributed by atoms with Crippen molar-refractivity contribution >= 4 is 29.5 Å². The zero-order chi connectivity index (χ0) is 13.8. The van der Waals surface area contributed by atoms with Crippen molar-refractivity contribution in [2.75, 3.05) is 0 Å². The maximum absolute atomic E-state index is 13.0. The van der Waals surface area contributed by atoms with Gasteiger partial charge in [-0.05, 0) is 29.8 Å². The molecule has 2 rings (SSSR count). The molecule has 2 nitrogen and oxygen atoms in total. The van der Waals surface area contributed by atoms with Crippen molar-refractivity contribution in [2.45, 2.75) is 6.61 Å². The van der Waals surface area contributed by atoms with Crippen molar-refractivity contribution in [2.24, 2.45) is 0 Å². The number of rotatable bonds is 4. The van der Waals surface area contributed by atoms with Crippen molar-refractivity contribution in [3.8, 4) is 5.75 Å². The largest absolute Gasteiger partial charge is 0.488 e. The molecule has 0 heterocycles. The Morgan fingerprint density at radius 2 is 2.00 bits per heavy atom. The molecular formula is C14H9Cl2FO2. The van der Waals surface area contributed by atoms with Crippen LogP contribution in [0, 0.1) is 5.82 Å². The van der Waals surface area contributed by atoms with E-state index >= 15 is 0 Å². The predicted octanol–water partition coefficient (Wildman–Crippen LogP) is 4.52. The number of carbonyl (C=O) groups excluding carboxylic acids is 1. The van der Waals surface area contributed by atoms with Gasteiger partial charge in [-0.1, -0.05) is 35.3 Å². The van der Waals surface area contributed by atoms with Gasteiger partial charge < -0.3 is 4.74 Å². The first kappa shape index (κ1) is 13.8. The highest BCUT2D eigenvalue weighted by atomic mass is 35.5. The minimum absolute atomic E-state index is 0.120. The molecule has 0 amide bonds. The van der Waals surface area contributed by atoms with Gasteiger partial charge in [0.2, 0.25) is 0 Å². The second-order valence-corrected chi connectivity index (χ2v) is 4.68. The molecule has 19 heavy (non-hydrogen) atoms. The molecule has 2 aromatic rings. The van der Waals surface area contributed by atoms with E-state index in [4.69, 9.17) is 27.9 Å². The highest BCUT2D eigenvalue weighted by Crippen LogP contribution is 2.30. The molecule has 0 aromatic heterocycles. The summed E-state index contributed by atoms with van der Waals surface area (Å²) in [7, 11) is 0. The summed E-state index contributed by atoms with van der Waals surface area (Å²) in [5.74, 6) is -0.0717. The van der Waals surface area contributed by atoms with Crippen LogP contribution in [0.2, 0.25) is 10.0 Å². The molecule has 0 aliphatic rings. The Bertz CT molecular complexity index is 614. The molecule has 0 saturated carbocycles. The Labute approximate surface area is 119 Å². The summed E-state index contributed by atoms with van der Waals surface area (Å²) in [5.41, 5.74) is 0.871. The minimum Gasteiger partial charge on any atom is -0.488 e. The highest BCUT2D eigenvalue weighted by molar-refractivity contribution is 6.36. The van der Waals surface area contributed by atoms with Crippen LogP contribution >= 0.6 is 23.2 Å². The van der Waals surface area contributed by atoms with Crippen LogP contribution in [-0.4, -0.2) is 6.29 Å². The summed E-state index contributed by atoms with van der Waals surface area (Å²) in [4.78, 5) is 11.0. The van der Waals surface area contributed by atoms with Gasteiger partial charge in [0.15, 0.2) is 6.29 Å². The smallest absolute Gasteiger partial charge is 0.155 e. The summed E-state index contributed by atoms with van der Waals surface area (Å²) in [5, 5.41) is 0.585. The van der Waals surface area contributed by atoms with Gasteiger partial charge >= 0.3 is 0 Å². The lowest BCUT2D eigenvalue weighted by molar-refractivity contribution is 0.111. The fourth-order valence-electron chi connectivity index (χ4n) is 1.58. The summed E-state index contributed by atoms with van der Waals surface area (Å²) >= 11 is 11.7. The molecule has 0 saturated heterocycles. The fourth-order valence-corrected chi connectivity index (χ4v) is 2.10. The van der Waals surface area contributed by atoms with Crippen LogP contribution in [0.4, 0.5) is 4.39 Å². The monoisotopic (exact) mass is 298 g/mol. The zero-order valence-corrected chi connectivity index (χ0v) is 11.2. The van der Waals surface area contributed by atoms with Crippen LogP contribution in [0.25, 0.3) is 0 Å². The first-order valence-electron chi connectivity index (χ1n) is 5.41. The highest BCUT2D eigenvalue weighted by Gasteiger charge is 2.10. The van der Waals surface area contributed by atoms with E-state index in [1.807, 2.05) is 0 Å². The number of ether oxygens (including phenoxy) is 1. The van der Waals surface area contributed by atoms with Gasteiger partial charge in [-0.15, -0.1) is 0 Å². The molecule has 5 heteroatoms. The van der Waals surface area contributed by atoms with E-state index in [0.717, 1.165) is 0 Å². The van der Waals surface area contributed by atoms with E-state index in [1.54, 1.807) is 12.1 Å². The van der Waals surface area contributed by atoms with Gasteiger partial charge in [0.1, 0.15) is 18.2 Å². The molecule has 0 aliphatic carbocycles. The summed E-state index contributed by atoms with van der Waals surface area (Å²) in [6, 6.07) is 8.96. The van der Waals surface area contributed by atoms with E-state index in [9.17, 15) is 9.18 Å². The van der Waals surface area contributed by atoms with E-state index in [1.165, 1.54) is 24.3 Å². The van der Waals surface area contributed by atoms with Gasteiger partial charge in [0, 0.05) is 5.02 Å². The number of hydrogen-bond donors (Lipinski definition) is 0. The average Bonchev–Trinajstić information content (AvgIpc) is 2.36. The van der Waals surface area contributed by atoms with Crippen LogP contribution in [-0.2, 0) is 6.61 Å². The molecule has 0 N–H and O–H groups in total. The SMILES string of the molecule is O=Cc1c(Cl)cc(Cl)cc1OCc1cccc(F)c1. The zero-order valence-electron chi connectivity index (χ0n) is 9.70. The van der Waals surface area contributed by atoms with Crippen LogP contribution in [0.3, 0.4) is 0 Å². The molecule has 0 radical (unpaired) electrons. The Kier molecular flexibility index (Phi) is 4.40. The van der Waals surface area contributed by atoms with Crippen molar-refractivity contribution in [1.82, 2.24) is 0 Å². The third-order valence-electron chi connectivity index (χ3n) is 2.46. The van der Waals surface area contributed by atoms with Crippen molar-refractivity contribution < 1.29 is 13.9 Å². The normalized spacial score (nSPS) is 10.3. The third kappa shape index (κ3) is 3.46. The number of halogens is 3. The topological polar surface area (TPSA) is 26.3 Å². The Morgan fingerprint density at radius 1 is 1.21 bits per heavy atom. The maximum atomic E-state index is 13.0. The van der Waals surface area contributed by atoms with Crippen LogP contribution in [0.1, 0.15) is 15.9 Å². The first-order chi connectivity index (χ1) is 9.10. The average molecular weight is 299 g/mol. The van der Waals surface area contributed by atoms with E-state index < -0.39 is 0 Å². The Balaban J connectivity index is 2.22. The molecule has 0 spiro atoms. The van der Waals surface area contributed by atoms with Crippen LogP contribution < -0.4 is 4.74 Å². The Hall–Kier alpha value is -1.58. The summed E-state index contributed by atoms with van der Waals surface area (Å²) in [6.07, 6.45) is 0.597. The second-order valence-electron chi connectivity index (χ2n) is 3.84. The maximum Gasteiger partial charge on any atom is 0.155 e. The van der Waals surface area contributed by atoms with Crippen LogP contribution in [0.15, 0.2) is 36.4 Å². The second kappa shape index (κ2) is 6.04. The number of hydrogen-bond acceptors (Lipinski definition) is 2. The lowest BCUT2D eigenvalue weighted by Gasteiger charge is -2.10. The number of benzene rings is 2. The van der Waals surface area contributed by atoms with Gasteiger partial charge in [0.25, 0.3) is 0 Å². The van der Waals surface area contributed by atoms with Crippen molar-refractivity contribution in [1.29, 1.82) is 0 Å². The standard InChI is InChI=1S/C14H9Cl2FO2/c15-10-5-13(16)12(7-18)14(6-10)19-8-9-2-1-3-11(17)4-9/h1-7H,8H2. The third-order valence-corrected chi connectivity index (χ3v) is 2.99. The molecule has 0 bridgehead atoms. The van der Waals surface area contributed by atoms with E-state index in [2.05, 4.69) is 0 Å². The first-order valence-corrected chi connectivity index (χ1v) is 6.17. The van der Waals surface area contributed by atoms with Gasteiger partial charge in [-0.25, -0.2) is 4.39 Å². The molecule has 2 aromatic carbocycles. The van der Waals surface area contributed by atoms with E-state index in [-0.39, 0.29) is 28.8 Å². The lowest BCUT2D eigenvalue weighted by atomic mass is 10.2. The van der Waals surface area contributed by atoms with Crippen LogP contribution in [0.5, 0.6) is 5.75 Å². The Morgan fingerprint density at radius 3 is 2.68 bits per heavy atom. The molecule has 0 aliphatic heterocycles. The summed E-state index contributed by atoms with van der Waals surface area (Å²) < 4.78 is 18.5. The molecule has 0 atom stereocenters. The van der Waals surface area contributed by atoms with Gasteiger partial charge in [-0.3, -0.25) is 4.79 Å². The van der Waals surface area contributed by atoms with Gasteiger partial charge in [0.05, 0.1) is 10.6 Å². The van der Waals surface area contributed by atoms with Crippen molar-refractivity contribution in [3.05, 3.63) is 63.4 Å². The fraction of sp³-hybridized carbons (Fsp3) is 0.0714. The quantitative estimate of drug-likeness (QED) is 0.776. The molecule has 98 valence electrons. The number of carbonyl (C=O) groups is 1. The molecule has 0 fully saturated rings. The van der Waals surface area contributed by atoms with Gasteiger partial charge in [-0.2, -0.15) is 0 Å². The summed E-state index contributed by atoms with van der Waals surface area (Å²) in [6.45, 7) is 0.120. The minimum atomic E-state index is -0.346. The van der Waals surface area contributed by atoms with Crippen molar-refractivity contribution in [3.63, 3.8) is 0 Å². The lowest BCUT2D eigenvalue weighted by Crippen LogP contribution is -1.99. The molecule has 0 unspecified atom stereocenters. The predicted molar refractivity (Wildman–Crippen MR) is 72.6 cm³/mol. The number of aldehydes is 1. The van der Waals surface area contributed by atoms with E-state index in [0.29, 0.717) is 16.9 Å². The molecular weight excluding hydrogens is 290 g/mol.